The Labute approximate surface area is 158 Å². The minimum absolute atomic E-state index is 0.0296. The van der Waals surface area contributed by atoms with Crippen LogP contribution in [0.25, 0.3) is 21.6 Å². The molecule has 1 aliphatic carbocycles. The minimum atomic E-state index is -1.27. The van der Waals surface area contributed by atoms with E-state index in [0.29, 0.717) is 5.52 Å². The molecule has 3 N–H and O–H groups in total. The van der Waals surface area contributed by atoms with Gasteiger partial charge in [-0.3, -0.25) is 4.57 Å². The summed E-state index contributed by atoms with van der Waals surface area (Å²) in [4.78, 5) is 19.0. The number of hydrogen-bond donors (Lipinski definition) is 2. The summed E-state index contributed by atoms with van der Waals surface area (Å²) >= 11 is 0. The van der Waals surface area contributed by atoms with Crippen molar-refractivity contribution in [3.63, 3.8) is 0 Å². The highest BCUT2D eigenvalue weighted by Gasteiger charge is 2.45. The van der Waals surface area contributed by atoms with Crippen molar-refractivity contribution in [2.24, 2.45) is 5.11 Å². The van der Waals surface area contributed by atoms with Crippen LogP contribution in [0.5, 0.6) is 6.01 Å². The van der Waals surface area contributed by atoms with Crippen molar-refractivity contribution in [3.05, 3.63) is 16.8 Å². The standard InChI is InChI=1S/C15H19FN8O4/c16-26-5-8-9(22-23-18)11(25)14(28-8)24-6-19-10-12(17)20-15(21-13(10)24)27-7-3-1-2-4-7/h6-9,11,14,25H,1-5H2,(H2,17,20,21)/t8-,9?,11-,14?/m1/s1. The molecule has 28 heavy (non-hydrogen) atoms. The largest absolute Gasteiger partial charge is 0.460 e. The van der Waals surface area contributed by atoms with Crippen molar-refractivity contribution in [1.29, 1.82) is 0 Å². The molecule has 0 amide bonds. The number of fused-ring (bicyclic) bond motifs is 1. The second kappa shape index (κ2) is 7.72. The first-order chi connectivity index (χ1) is 13.6. The zero-order valence-electron chi connectivity index (χ0n) is 14.8. The number of rotatable bonds is 6. The van der Waals surface area contributed by atoms with E-state index in [1.54, 1.807) is 0 Å². The quantitative estimate of drug-likeness (QED) is 0.423. The van der Waals surface area contributed by atoms with Gasteiger partial charge < -0.3 is 20.3 Å². The number of imidazole rings is 1. The van der Waals surface area contributed by atoms with Crippen LogP contribution >= 0.6 is 0 Å². The van der Waals surface area contributed by atoms with E-state index in [1.807, 2.05) is 0 Å². The summed E-state index contributed by atoms with van der Waals surface area (Å²) in [6.45, 7) is -0.503. The fourth-order valence-corrected chi connectivity index (χ4v) is 3.67. The van der Waals surface area contributed by atoms with Crippen LogP contribution in [0, 0.1) is 0 Å². The number of azide groups is 1. The Morgan fingerprint density at radius 3 is 2.93 bits per heavy atom. The van der Waals surface area contributed by atoms with Gasteiger partial charge in [-0.05, 0) is 35.7 Å². The molecule has 2 aromatic heterocycles. The lowest BCUT2D eigenvalue weighted by Crippen LogP contribution is -2.31. The molecule has 13 heteroatoms. The second-order valence-electron chi connectivity index (χ2n) is 6.77. The molecular weight excluding hydrogens is 375 g/mol. The van der Waals surface area contributed by atoms with Crippen LogP contribution in [-0.4, -0.2) is 55.6 Å². The monoisotopic (exact) mass is 394 g/mol. The summed E-state index contributed by atoms with van der Waals surface area (Å²) < 4.78 is 25.2. The number of aromatic nitrogens is 4. The van der Waals surface area contributed by atoms with E-state index >= 15 is 0 Å². The van der Waals surface area contributed by atoms with E-state index in [2.05, 4.69) is 29.9 Å². The zero-order valence-corrected chi connectivity index (χ0v) is 14.8. The number of nitrogen functional groups attached to an aromatic ring is 1. The summed E-state index contributed by atoms with van der Waals surface area (Å²) in [6, 6.07) is -0.932. The van der Waals surface area contributed by atoms with E-state index in [4.69, 9.17) is 20.7 Å². The number of aliphatic hydroxyl groups is 1. The Bertz CT molecular complexity index is 898. The molecule has 1 aliphatic heterocycles. The summed E-state index contributed by atoms with van der Waals surface area (Å²) in [5.41, 5.74) is 15.3. The van der Waals surface area contributed by atoms with Gasteiger partial charge >= 0.3 is 6.01 Å². The van der Waals surface area contributed by atoms with Crippen LogP contribution < -0.4 is 10.5 Å². The fraction of sp³-hybridized carbons (Fsp3) is 0.667. The molecule has 1 saturated heterocycles. The van der Waals surface area contributed by atoms with Crippen molar-refractivity contribution in [3.8, 4) is 6.01 Å². The number of nitrogens with two attached hydrogens (primary N) is 1. The van der Waals surface area contributed by atoms with Crippen LogP contribution in [0.1, 0.15) is 31.9 Å². The first-order valence-electron chi connectivity index (χ1n) is 8.90. The molecule has 0 spiro atoms. The van der Waals surface area contributed by atoms with Crippen LogP contribution in [0.2, 0.25) is 0 Å². The molecule has 150 valence electrons. The first kappa shape index (κ1) is 18.6. The Morgan fingerprint density at radius 2 is 2.21 bits per heavy atom. The maximum Gasteiger partial charge on any atom is 0.320 e. The van der Waals surface area contributed by atoms with Gasteiger partial charge in [0, 0.05) is 4.91 Å². The van der Waals surface area contributed by atoms with Crippen molar-refractivity contribution < 1.29 is 24.0 Å². The predicted octanol–water partition coefficient (Wildman–Crippen LogP) is 1.57. The molecule has 4 rings (SSSR count). The highest BCUT2D eigenvalue weighted by atomic mass is 19.3. The summed E-state index contributed by atoms with van der Waals surface area (Å²) in [7, 11) is 0. The SMILES string of the molecule is [N-]=[N+]=NC1[C@@H](O)C(n2cnc3c(N)nc(OC4CCCC4)nc32)O[C@@H]1COF. The summed E-state index contributed by atoms with van der Waals surface area (Å²) in [5, 5.41) is 14.0. The maximum absolute atomic E-state index is 12.3. The van der Waals surface area contributed by atoms with Gasteiger partial charge in [-0.1, -0.05) is 5.11 Å². The topological polar surface area (TPSA) is 166 Å². The second-order valence-corrected chi connectivity index (χ2v) is 6.77. The molecule has 0 radical (unpaired) electrons. The van der Waals surface area contributed by atoms with Gasteiger partial charge in [0.15, 0.2) is 23.2 Å². The van der Waals surface area contributed by atoms with E-state index in [9.17, 15) is 9.63 Å². The van der Waals surface area contributed by atoms with Crippen molar-refractivity contribution in [1.82, 2.24) is 19.5 Å². The molecule has 0 bridgehead atoms. The highest BCUT2D eigenvalue weighted by molar-refractivity contribution is 5.82. The maximum atomic E-state index is 12.3. The molecule has 3 heterocycles. The fourth-order valence-electron chi connectivity index (χ4n) is 3.67. The summed E-state index contributed by atoms with van der Waals surface area (Å²) in [5.74, 6) is 0.125. The van der Waals surface area contributed by atoms with Crippen molar-refractivity contribution in [2.45, 2.75) is 56.3 Å². The van der Waals surface area contributed by atoms with Gasteiger partial charge in [0.1, 0.15) is 18.8 Å². The first-order valence-corrected chi connectivity index (χ1v) is 8.90. The molecule has 1 saturated carbocycles. The number of aliphatic hydroxyl groups excluding tert-OH is 1. The number of nitrogens with zero attached hydrogens (tertiary/aromatic N) is 7. The normalized spacial score (nSPS) is 27.9. The van der Waals surface area contributed by atoms with Crippen molar-refractivity contribution in [2.75, 3.05) is 12.3 Å². The van der Waals surface area contributed by atoms with E-state index in [1.165, 1.54) is 10.9 Å². The van der Waals surface area contributed by atoms with Gasteiger partial charge in [0.05, 0.1) is 18.5 Å². The molecule has 2 aliphatic rings. The van der Waals surface area contributed by atoms with Gasteiger partial charge in [-0.15, -0.1) is 0 Å². The smallest absolute Gasteiger partial charge is 0.320 e. The molecule has 2 aromatic rings. The van der Waals surface area contributed by atoms with Gasteiger partial charge in [-0.2, -0.15) is 14.9 Å². The molecule has 2 unspecified atom stereocenters. The van der Waals surface area contributed by atoms with Crippen molar-refractivity contribution >= 4 is 17.0 Å². The Balaban J connectivity index is 1.68. The van der Waals surface area contributed by atoms with Gasteiger partial charge in [0.2, 0.25) is 0 Å². The van der Waals surface area contributed by atoms with E-state index in [-0.39, 0.29) is 23.6 Å². The van der Waals surface area contributed by atoms with Crippen LogP contribution in [0.4, 0.5) is 10.3 Å². The zero-order chi connectivity index (χ0) is 19.7. The van der Waals surface area contributed by atoms with Crippen LogP contribution in [-0.2, 0) is 9.68 Å². The molecule has 4 atom stereocenters. The number of hydrogen-bond acceptors (Lipinski definition) is 9. The molecular formula is C15H19FN8O4. The number of anilines is 1. The Hall–Kier alpha value is -2.73. The van der Waals surface area contributed by atoms with Crippen LogP contribution in [0.15, 0.2) is 11.4 Å². The third kappa shape index (κ3) is 3.29. The van der Waals surface area contributed by atoms with Gasteiger partial charge in [0.25, 0.3) is 0 Å². The Morgan fingerprint density at radius 1 is 1.43 bits per heavy atom. The third-order valence-corrected chi connectivity index (χ3v) is 5.03. The molecule has 0 aromatic carbocycles. The lowest BCUT2D eigenvalue weighted by molar-refractivity contribution is -0.169. The van der Waals surface area contributed by atoms with Gasteiger partial charge in [-0.25, -0.2) is 4.98 Å². The molecule has 2 fully saturated rings. The number of halogens is 1. The minimum Gasteiger partial charge on any atom is -0.460 e. The lowest BCUT2D eigenvalue weighted by atomic mass is 10.1. The lowest BCUT2D eigenvalue weighted by Gasteiger charge is -2.17. The summed E-state index contributed by atoms with van der Waals surface area (Å²) in [6.07, 6.45) is 2.12. The predicted molar refractivity (Wildman–Crippen MR) is 92.5 cm³/mol. The van der Waals surface area contributed by atoms with Crippen LogP contribution in [0.3, 0.4) is 0 Å². The average Bonchev–Trinajstić information content (AvgIpc) is 3.38. The molecule has 12 nitrogen and oxygen atoms in total. The third-order valence-electron chi connectivity index (χ3n) is 5.03. The Kier molecular flexibility index (Phi) is 5.13. The average molecular weight is 394 g/mol. The van der Waals surface area contributed by atoms with E-state index < -0.39 is 31.1 Å². The van der Waals surface area contributed by atoms with E-state index in [0.717, 1.165) is 25.7 Å². The highest BCUT2D eigenvalue weighted by Crippen LogP contribution is 2.34. The number of ether oxygens (including phenoxy) is 2.